The molecule has 10 heteroatoms. The molecule has 0 radical (unpaired) electrons. The highest BCUT2D eigenvalue weighted by Crippen LogP contribution is 2.25. The molecule has 34 heavy (non-hydrogen) atoms. The molecule has 2 N–H and O–H groups in total. The topological polar surface area (TPSA) is 97.0 Å². The average molecular weight is 555 g/mol. The lowest BCUT2D eigenvalue weighted by atomic mass is 9.98. The Morgan fingerprint density at radius 3 is 2.71 bits per heavy atom. The summed E-state index contributed by atoms with van der Waals surface area (Å²) in [5, 5.41) is 5.57. The molecule has 1 aliphatic carbocycles. The molecule has 1 aromatic rings. The largest absolute Gasteiger partial charge is 0.492 e. The van der Waals surface area contributed by atoms with Crippen LogP contribution in [0.5, 0.6) is 5.75 Å². The second-order valence-electron chi connectivity index (χ2n) is 9.06. The van der Waals surface area contributed by atoms with Crippen LogP contribution in [-0.4, -0.2) is 59.6 Å². The van der Waals surface area contributed by atoms with E-state index in [1.54, 1.807) is 23.1 Å². The van der Waals surface area contributed by atoms with Crippen molar-refractivity contribution in [2.24, 2.45) is 5.92 Å². The van der Waals surface area contributed by atoms with Gasteiger partial charge >= 0.3 is 5.97 Å². The van der Waals surface area contributed by atoms with Crippen molar-refractivity contribution in [2.45, 2.75) is 64.5 Å². The van der Waals surface area contributed by atoms with E-state index >= 15 is 0 Å². The van der Waals surface area contributed by atoms with Crippen molar-refractivity contribution in [1.82, 2.24) is 15.5 Å². The van der Waals surface area contributed by atoms with Gasteiger partial charge in [-0.2, -0.15) is 0 Å². The maximum absolute atomic E-state index is 13.1. The first-order chi connectivity index (χ1) is 16.2. The van der Waals surface area contributed by atoms with E-state index in [9.17, 15) is 14.4 Å². The lowest BCUT2D eigenvalue weighted by Gasteiger charge is -2.36. The van der Waals surface area contributed by atoms with E-state index in [2.05, 4.69) is 26.6 Å². The van der Waals surface area contributed by atoms with Crippen LogP contribution in [0, 0.1) is 5.92 Å². The molecule has 1 heterocycles. The van der Waals surface area contributed by atoms with Gasteiger partial charge in [-0.3, -0.25) is 19.7 Å². The summed E-state index contributed by atoms with van der Waals surface area (Å²) in [6, 6.07) is 4.35. The Morgan fingerprint density at radius 2 is 2.00 bits per heavy atom. The molecule has 2 aliphatic rings. The molecule has 0 bridgehead atoms. The number of thiocarbonyl (C=S) groups is 1. The van der Waals surface area contributed by atoms with E-state index in [4.69, 9.17) is 21.7 Å². The number of esters is 1. The molecule has 1 aliphatic heterocycles. The number of hydrogen-bond donors (Lipinski definition) is 2. The molecule has 8 nitrogen and oxygen atoms in total. The average Bonchev–Trinajstić information content (AvgIpc) is 2.80. The number of carbonyl (C=O) groups is 3. The molecule has 1 aromatic carbocycles. The molecule has 1 saturated heterocycles. The lowest BCUT2D eigenvalue weighted by Crippen LogP contribution is -2.60. The highest BCUT2D eigenvalue weighted by Gasteiger charge is 2.35. The Labute approximate surface area is 214 Å². The third kappa shape index (κ3) is 7.40. The quantitative estimate of drug-likeness (QED) is 0.393. The van der Waals surface area contributed by atoms with Crippen molar-refractivity contribution in [3.05, 3.63) is 28.2 Å². The van der Waals surface area contributed by atoms with E-state index < -0.39 is 17.9 Å². The summed E-state index contributed by atoms with van der Waals surface area (Å²) in [5.74, 6) is -0.446. The normalized spacial score (nSPS) is 18.9. The molecule has 3 rings (SSSR count). The summed E-state index contributed by atoms with van der Waals surface area (Å²) in [7, 11) is 0. The SMILES string of the molecule is CC(C)COc1ccc(Br)cc1C(=O)NC(=S)N1CCNC(=O)C1CC(=O)OC1CCCCC1. The van der Waals surface area contributed by atoms with Crippen LogP contribution in [0.15, 0.2) is 22.7 Å². The zero-order valence-corrected chi connectivity index (χ0v) is 22.0. The zero-order chi connectivity index (χ0) is 24.7. The van der Waals surface area contributed by atoms with Crippen molar-refractivity contribution in [2.75, 3.05) is 19.7 Å². The summed E-state index contributed by atoms with van der Waals surface area (Å²) < 4.78 is 12.1. The van der Waals surface area contributed by atoms with Gasteiger partial charge < -0.3 is 19.7 Å². The fraction of sp³-hybridized carbons (Fsp3) is 0.583. The van der Waals surface area contributed by atoms with Crippen molar-refractivity contribution in [3.63, 3.8) is 0 Å². The number of hydrogen-bond acceptors (Lipinski definition) is 6. The third-order valence-corrected chi connectivity index (χ3v) is 6.61. The number of carbonyl (C=O) groups excluding carboxylic acids is 3. The van der Waals surface area contributed by atoms with Crippen LogP contribution in [0.2, 0.25) is 0 Å². The smallest absolute Gasteiger partial charge is 0.308 e. The van der Waals surface area contributed by atoms with Crippen molar-refractivity contribution < 1.29 is 23.9 Å². The summed E-state index contributed by atoms with van der Waals surface area (Å²) in [6.07, 6.45) is 4.74. The van der Waals surface area contributed by atoms with Crippen LogP contribution in [-0.2, 0) is 14.3 Å². The van der Waals surface area contributed by atoms with Crippen molar-refractivity contribution in [1.29, 1.82) is 0 Å². The van der Waals surface area contributed by atoms with Gasteiger partial charge in [0.25, 0.3) is 5.91 Å². The van der Waals surface area contributed by atoms with E-state index in [-0.39, 0.29) is 23.5 Å². The van der Waals surface area contributed by atoms with E-state index in [1.165, 1.54) is 0 Å². The van der Waals surface area contributed by atoms with Crippen LogP contribution >= 0.6 is 28.1 Å². The molecule has 2 fully saturated rings. The van der Waals surface area contributed by atoms with Gasteiger partial charge in [-0.25, -0.2) is 0 Å². The molecular weight excluding hydrogens is 522 g/mol. The van der Waals surface area contributed by atoms with Gasteiger partial charge in [-0.1, -0.05) is 36.2 Å². The van der Waals surface area contributed by atoms with Crippen LogP contribution in [0.3, 0.4) is 0 Å². The van der Waals surface area contributed by atoms with Gasteiger partial charge in [-0.15, -0.1) is 0 Å². The predicted octanol–water partition coefficient (Wildman–Crippen LogP) is 3.57. The molecule has 0 aromatic heterocycles. The standard InChI is InChI=1S/C24H32BrN3O5S/c1-15(2)14-32-20-9-8-16(25)12-18(20)22(30)27-24(34)28-11-10-26-23(31)19(28)13-21(29)33-17-6-4-3-5-7-17/h8-9,12,15,17,19H,3-7,10-11,13-14H2,1-2H3,(H,26,31)(H,27,30,34). The highest BCUT2D eigenvalue weighted by atomic mass is 79.9. The monoisotopic (exact) mass is 553 g/mol. The number of amides is 2. The van der Waals surface area contributed by atoms with E-state index in [0.717, 1.165) is 36.6 Å². The minimum absolute atomic E-state index is 0.0881. The maximum atomic E-state index is 13.1. The third-order valence-electron chi connectivity index (χ3n) is 5.78. The number of piperazine rings is 1. The minimum Gasteiger partial charge on any atom is -0.492 e. The van der Waals surface area contributed by atoms with Crippen molar-refractivity contribution >= 4 is 51.0 Å². The highest BCUT2D eigenvalue weighted by molar-refractivity contribution is 9.10. The fourth-order valence-electron chi connectivity index (χ4n) is 4.03. The summed E-state index contributed by atoms with van der Waals surface area (Å²) in [4.78, 5) is 39.8. The molecule has 1 saturated carbocycles. The van der Waals surface area contributed by atoms with Crippen LogP contribution < -0.4 is 15.4 Å². The predicted molar refractivity (Wildman–Crippen MR) is 136 cm³/mol. The number of ether oxygens (including phenoxy) is 2. The number of rotatable bonds is 7. The fourth-order valence-corrected chi connectivity index (χ4v) is 4.71. The van der Waals surface area contributed by atoms with Gasteiger partial charge in [-0.05, 0) is 62.0 Å². The van der Waals surface area contributed by atoms with Gasteiger partial charge in [0.05, 0.1) is 18.6 Å². The molecule has 1 atom stereocenters. The van der Waals surface area contributed by atoms with Gasteiger partial charge in [0.15, 0.2) is 5.11 Å². The van der Waals surface area contributed by atoms with Crippen LogP contribution in [0.1, 0.15) is 62.7 Å². The summed E-state index contributed by atoms with van der Waals surface area (Å²) >= 11 is 8.88. The van der Waals surface area contributed by atoms with Gasteiger partial charge in [0, 0.05) is 17.6 Å². The molecule has 2 amide bonds. The van der Waals surface area contributed by atoms with Crippen LogP contribution in [0.25, 0.3) is 0 Å². The first-order valence-electron chi connectivity index (χ1n) is 11.8. The van der Waals surface area contributed by atoms with Gasteiger partial charge in [0.2, 0.25) is 5.91 Å². The van der Waals surface area contributed by atoms with E-state index in [1.807, 2.05) is 13.8 Å². The first-order valence-corrected chi connectivity index (χ1v) is 13.0. The Morgan fingerprint density at radius 1 is 1.26 bits per heavy atom. The van der Waals surface area contributed by atoms with Crippen molar-refractivity contribution in [3.8, 4) is 5.75 Å². The second kappa shape index (κ2) is 12.5. The van der Waals surface area contributed by atoms with Crippen LogP contribution in [0.4, 0.5) is 0 Å². The Balaban J connectivity index is 1.67. The molecule has 0 spiro atoms. The summed E-state index contributed by atoms with van der Waals surface area (Å²) in [5.41, 5.74) is 0.326. The molecule has 1 unspecified atom stereocenters. The lowest BCUT2D eigenvalue weighted by molar-refractivity contribution is -0.153. The number of halogens is 1. The number of nitrogens with one attached hydrogen (secondary N) is 2. The Hall–Kier alpha value is -2.20. The maximum Gasteiger partial charge on any atom is 0.308 e. The van der Waals surface area contributed by atoms with Gasteiger partial charge in [0.1, 0.15) is 17.9 Å². The molecule has 186 valence electrons. The summed E-state index contributed by atoms with van der Waals surface area (Å²) in [6.45, 7) is 5.25. The Bertz CT molecular complexity index is 920. The second-order valence-corrected chi connectivity index (χ2v) is 10.4. The Kier molecular flexibility index (Phi) is 9.70. The zero-order valence-electron chi connectivity index (χ0n) is 19.6. The number of benzene rings is 1. The first kappa shape index (κ1) is 26.4. The minimum atomic E-state index is -0.836. The molecular formula is C24H32BrN3O5S. The van der Waals surface area contributed by atoms with E-state index in [0.29, 0.717) is 36.9 Å². The number of nitrogens with zero attached hydrogens (tertiary/aromatic N) is 1.